The zero-order chi connectivity index (χ0) is 22.4. The summed E-state index contributed by atoms with van der Waals surface area (Å²) in [6, 6.07) is 7.56. The minimum Gasteiger partial charge on any atom is -0.481 e. The molecule has 0 aliphatic rings. The van der Waals surface area contributed by atoms with Gasteiger partial charge in [0, 0.05) is 11.1 Å². The number of nitrogens with zero attached hydrogens (tertiary/aromatic N) is 3. The zero-order valence-corrected chi connectivity index (χ0v) is 16.8. The van der Waals surface area contributed by atoms with Crippen LogP contribution in [-0.2, 0) is 6.18 Å². The quantitative estimate of drug-likeness (QED) is 0.361. The highest BCUT2D eigenvalue weighted by atomic mass is 35.5. The predicted octanol–water partition coefficient (Wildman–Crippen LogP) is 6.05. The van der Waals surface area contributed by atoms with Crippen LogP contribution in [-0.4, -0.2) is 32.4 Å². The molecule has 0 fully saturated rings. The average molecular weight is 479 g/mol. The Morgan fingerprint density at radius 2 is 1.72 bits per heavy atom. The highest BCUT2D eigenvalue weighted by Crippen LogP contribution is 2.40. The van der Waals surface area contributed by atoms with Crippen LogP contribution in [0.1, 0.15) is 12.5 Å². The third kappa shape index (κ3) is 4.64. The van der Waals surface area contributed by atoms with Gasteiger partial charge in [-0.3, -0.25) is 0 Å². The number of halogens is 7. The minimum atomic E-state index is -4.97. The highest BCUT2D eigenvalue weighted by Gasteiger charge is 2.41. The molecule has 1 atom stereocenters. The first-order chi connectivity index (χ1) is 14.5. The minimum absolute atomic E-state index is 0. The van der Waals surface area contributed by atoms with Crippen molar-refractivity contribution in [3.05, 3.63) is 48.3 Å². The highest BCUT2D eigenvalue weighted by molar-refractivity contribution is 5.85. The summed E-state index contributed by atoms with van der Waals surface area (Å²) in [6.45, 7) is 0.620. The molecule has 0 spiro atoms. The SMILES string of the molecule is C[C@@H](Oc1ccc(-c2nc(-c3ccc4nc[nH]c4c3)no2)cc1C(F)(F)F)C(F)(F)F.Cl. The first kappa shape index (κ1) is 23.4. The van der Waals surface area contributed by atoms with Crippen LogP contribution in [0.5, 0.6) is 5.75 Å². The Balaban J connectivity index is 0.00000289. The Labute approximate surface area is 182 Å². The standard InChI is InChI=1S/C19H12F6N4O2.ClH/c1-9(18(20,21)22)30-15-5-3-11(6-12(15)19(23,24)25)17-28-16(29-31-17)10-2-4-13-14(7-10)27-8-26-13;/h2-9H,1H3,(H,26,27);1H/t9-;/m1./s1. The number of fused-ring (bicyclic) bond motifs is 1. The van der Waals surface area contributed by atoms with Gasteiger partial charge in [-0.25, -0.2) is 4.98 Å². The van der Waals surface area contributed by atoms with E-state index in [9.17, 15) is 26.3 Å². The molecule has 0 amide bonds. The van der Waals surface area contributed by atoms with Crippen molar-refractivity contribution in [1.29, 1.82) is 0 Å². The lowest BCUT2D eigenvalue weighted by molar-refractivity contribution is -0.191. The average Bonchev–Trinajstić information content (AvgIpc) is 3.35. The molecular formula is C19H13ClF6N4O2. The van der Waals surface area contributed by atoms with Gasteiger partial charge in [-0.1, -0.05) is 5.16 Å². The molecule has 4 aromatic rings. The number of aromatic amines is 1. The van der Waals surface area contributed by atoms with Gasteiger partial charge in [0.15, 0.2) is 6.10 Å². The molecule has 13 heteroatoms. The zero-order valence-electron chi connectivity index (χ0n) is 16.0. The molecule has 0 aliphatic heterocycles. The summed E-state index contributed by atoms with van der Waals surface area (Å²) in [7, 11) is 0. The number of benzene rings is 2. The maximum atomic E-state index is 13.4. The molecule has 2 heterocycles. The van der Waals surface area contributed by atoms with E-state index in [2.05, 4.69) is 24.8 Å². The lowest BCUT2D eigenvalue weighted by atomic mass is 10.1. The summed E-state index contributed by atoms with van der Waals surface area (Å²) < 4.78 is 88.0. The molecule has 32 heavy (non-hydrogen) atoms. The van der Waals surface area contributed by atoms with Crippen molar-refractivity contribution in [3.63, 3.8) is 0 Å². The van der Waals surface area contributed by atoms with Crippen LogP contribution in [0, 0.1) is 0 Å². The van der Waals surface area contributed by atoms with E-state index in [0.717, 1.165) is 12.1 Å². The van der Waals surface area contributed by atoms with Crippen molar-refractivity contribution in [2.24, 2.45) is 0 Å². The number of H-pyrrole nitrogens is 1. The Kier molecular flexibility index (Phi) is 6.09. The largest absolute Gasteiger partial charge is 0.481 e. The number of nitrogens with one attached hydrogen (secondary N) is 1. The van der Waals surface area contributed by atoms with Crippen LogP contribution < -0.4 is 4.74 Å². The topological polar surface area (TPSA) is 76.8 Å². The fourth-order valence-corrected chi connectivity index (χ4v) is 2.78. The molecular weight excluding hydrogens is 466 g/mol. The van der Waals surface area contributed by atoms with Crippen molar-refractivity contribution < 1.29 is 35.6 Å². The maximum Gasteiger partial charge on any atom is 0.425 e. The summed E-state index contributed by atoms with van der Waals surface area (Å²) >= 11 is 0. The van der Waals surface area contributed by atoms with Gasteiger partial charge in [0.1, 0.15) is 5.75 Å². The fourth-order valence-electron chi connectivity index (χ4n) is 2.78. The molecule has 2 aromatic heterocycles. The van der Waals surface area contributed by atoms with E-state index in [1.54, 1.807) is 18.2 Å². The predicted molar refractivity (Wildman–Crippen MR) is 103 cm³/mol. The Bertz CT molecular complexity index is 1230. The number of hydrogen-bond acceptors (Lipinski definition) is 5. The van der Waals surface area contributed by atoms with Crippen molar-refractivity contribution in [3.8, 4) is 28.6 Å². The molecule has 0 bridgehead atoms. The van der Waals surface area contributed by atoms with E-state index < -0.39 is 29.8 Å². The maximum absolute atomic E-state index is 13.4. The third-order valence-corrected chi connectivity index (χ3v) is 4.40. The molecule has 4 rings (SSSR count). The number of ether oxygens (including phenoxy) is 1. The van der Waals surface area contributed by atoms with Crippen LogP contribution in [0.3, 0.4) is 0 Å². The molecule has 0 saturated heterocycles. The van der Waals surface area contributed by atoms with E-state index in [1.165, 1.54) is 6.33 Å². The first-order valence-electron chi connectivity index (χ1n) is 8.74. The lowest BCUT2D eigenvalue weighted by Gasteiger charge is -2.20. The molecule has 0 saturated carbocycles. The van der Waals surface area contributed by atoms with Gasteiger partial charge in [0.25, 0.3) is 5.89 Å². The van der Waals surface area contributed by atoms with Crippen molar-refractivity contribution in [2.75, 3.05) is 0 Å². The van der Waals surface area contributed by atoms with Gasteiger partial charge in [-0.2, -0.15) is 31.3 Å². The van der Waals surface area contributed by atoms with Gasteiger partial charge in [-0.05, 0) is 43.3 Å². The van der Waals surface area contributed by atoms with Crippen LogP contribution >= 0.6 is 12.4 Å². The second-order valence-corrected chi connectivity index (χ2v) is 6.57. The molecule has 0 aliphatic carbocycles. The fraction of sp³-hybridized carbons (Fsp3) is 0.211. The molecule has 1 N–H and O–H groups in total. The lowest BCUT2D eigenvalue weighted by Crippen LogP contribution is -2.31. The van der Waals surface area contributed by atoms with Gasteiger partial charge >= 0.3 is 12.4 Å². The number of rotatable bonds is 4. The second-order valence-electron chi connectivity index (χ2n) is 6.57. The van der Waals surface area contributed by atoms with Gasteiger partial charge in [-0.15, -0.1) is 12.4 Å². The molecule has 2 aromatic carbocycles. The number of hydrogen-bond donors (Lipinski definition) is 1. The second kappa shape index (κ2) is 8.34. The monoisotopic (exact) mass is 478 g/mol. The van der Waals surface area contributed by atoms with Gasteiger partial charge in [0.2, 0.25) is 5.82 Å². The summed E-state index contributed by atoms with van der Waals surface area (Å²) in [5.41, 5.74) is 0.414. The smallest absolute Gasteiger partial charge is 0.425 e. The number of alkyl halides is 6. The van der Waals surface area contributed by atoms with E-state index in [0.29, 0.717) is 29.6 Å². The van der Waals surface area contributed by atoms with Crippen molar-refractivity contribution >= 4 is 23.4 Å². The van der Waals surface area contributed by atoms with Crippen molar-refractivity contribution in [2.45, 2.75) is 25.4 Å². The van der Waals surface area contributed by atoms with E-state index in [4.69, 9.17) is 4.52 Å². The molecule has 0 radical (unpaired) electrons. The first-order valence-corrected chi connectivity index (χ1v) is 8.74. The van der Waals surface area contributed by atoms with E-state index in [-0.39, 0.29) is 29.7 Å². The van der Waals surface area contributed by atoms with Crippen LogP contribution in [0.2, 0.25) is 0 Å². The molecule has 6 nitrogen and oxygen atoms in total. The Hall–Kier alpha value is -3.28. The summed E-state index contributed by atoms with van der Waals surface area (Å²) in [5, 5.41) is 3.77. The normalized spacial score (nSPS) is 13.1. The van der Waals surface area contributed by atoms with Gasteiger partial charge < -0.3 is 14.2 Å². The summed E-state index contributed by atoms with van der Waals surface area (Å²) in [6.07, 6.45) is -10.7. The number of imidazole rings is 1. The number of aromatic nitrogens is 4. The van der Waals surface area contributed by atoms with E-state index in [1.807, 2.05) is 0 Å². The van der Waals surface area contributed by atoms with Crippen LogP contribution in [0.25, 0.3) is 33.9 Å². The van der Waals surface area contributed by atoms with Gasteiger partial charge in [0.05, 0.1) is 22.9 Å². The summed E-state index contributed by atoms with van der Waals surface area (Å²) in [5.74, 6) is -1.07. The third-order valence-electron chi connectivity index (χ3n) is 4.40. The Morgan fingerprint density at radius 1 is 1.00 bits per heavy atom. The Morgan fingerprint density at radius 3 is 2.41 bits per heavy atom. The van der Waals surface area contributed by atoms with Crippen LogP contribution in [0.4, 0.5) is 26.3 Å². The molecule has 0 unspecified atom stereocenters. The molecule has 170 valence electrons. The van der Waals surface area contributed by atoms with Crippen LogP contribution in [0.15, 0.2) is 47.2 Å². The van der Waals surface area contributed by atoms with E-state index >= 15 is 0 Å². The van der Waals surface area contributed by atoms with Crippen molar-refractivity contribution in [1.82, 2.24) is 20.1 Å². The summed E-state index contributed by atoms with van der Waals surface area (Å²) in [4.78, 5) is 11.1.